The summed E-state index contributed by atoms with van der Waals surface area (Å²) in [6.07, 6.45) is 0.223. The van der Waals surface area contributed by atoms with Crippen LogP contribution < -0.4 is 16.4 Å². The molecule has 156 valence electrons. The summed E-state index contributed by atoms with van der Waals surface area (Å²) >= 11 is 0. The minimum Gasteiger partial charge on any atom is -0.450 e. The number of amides is 4. The van der Waals surface area contributed by atoms with Crippen LogP contribution in [0.4, 0.5) is 15.3 Å². The van der Waals surface area contributed by atoms with Gasteiger partial charge >= 0.3 is 12.2 Å². The number of benzene rings is 1. The Bertz CT molecular complexity index is 799. The van der Waals surface area contributed by atoms with Crippen molar-refractivity contribution in [2.45, 2.75) is 37.8 Å². The number of primary amides is 1. The van der Waals surface area contributed by atoms with Crippen molar-refractivity contribution < 1.29 is 28.7 Å². The molecule has 0 aromatic heterocycles. The van der Waals surface area contributed by atoms with Crippen LogP contribution >= 0.6 is 0 Å². The minimum absolute atomic E-state index is 0.0105. The maximum absolute atomic E-state index is 12.4. The van der Waals surface area contributed by atoms with Gasteiger partial charge in [-0.15, -0.1) is 0 Å². The van der Waals surface area contributed by atoms with Crippen molar-refractivity contribution >= 4 is 29.7 Å². The Labute approximate surface area is 167 Å². The number of aryl methyl sites for hydroxylation is 1. The van der Waals surface area contributed by atoms with E-state index in [-0.39, 0.29) is 26.1 Å². The van der Waals surface area contributed by atoms with Crippen LogP contribution in [0.15, 0.2) is 24.3 Å². The SMILES string of the molecule is NC(=O)C1CC2CN1C(=O)CNC(=O)OCCCCc1cccc(c1)NC(=O)O2. The van der Waals surface area contributed by atoms with Crippen molar-refractivity contribution in [2.24, 2.45) is 5.73 Å². The zero-order valence-electron chi connectivity index (χ0n) is 15.9. The van der Waals surface area contributed by atoms with Crippen molar-refractivity contribution in [2.75, 3.05) is 25.0 Å². The predicted molar refractivity (Wildman–Crippen MR) is 102 cm³/mol. The standard InChI is InChI=1S/C19H24N4O6/c20-17(25)15-9-14-11-23(15)16(24)10-21-18(26)28-7-2-1-4-12-5-3-6-13(8-12)22-19(27)29-14/h3,5-6,8,14-15H,1-2,4,7,9-11H2,(H2,20,25)(H,21,26)(H,22,27). The number of hydrogen-bond donors (Lipinski definition) is 3. The third-order valence-electron chi connectivity index (χ3n) is 4.84. The van der Waals surface area contributed by atoms with E-state index >= 15 is 0 Å². The Morgan fingerprint density at radius 3 is 2.79 bits per heavy atom. The first-order valence-electron chi connectivity index (χ1n) is 9.48. The Hall–Kier alpha value is -3.30. The summed E-state index contributed by atoms with van der Waals surface area (Å²) in [5.74, 6) is -1.21. The molecular weight excluding hydrogens is 380 g/mol. The second-order valence-electron chi connectivity index (χ2n) is 7.00. The van der Waals surface area contributed by atoms with E-state index in [2.05, 4.69) is 10.6 Å². The van der Waals surface area contributed by atoms with Gasteiger partial charge in [-0.2, -0.15) is 0 Å². The average Bonchev–Trinajstić information content (AvgIpc) is 3.09. The van der Waals surface area contributed by atoms with Crippen molar-refractivity contribution in [3.8, 4) is 0 Å². The molecule has 1 aromatic carbocycles. The highest BCUT2D eigenvalue weighted by atomic mass is 16.6. The van der Waals surface area contributed by atoms with E-state index in [1.54, 1.807) is 6.07 Å². The number of anilines is 1. The number of carbonyl (C=O) groups excluding carboxylic acids is 4. The smallest absolute Gasteiger partial charge is 0.411 e. The number of nitrogens with zero attached hydrogens (tertiary/aromatic N) is 1. The molecule has 3 rings (SSSR count). The molecular formula is C19H24N4O6. The number of alkyl carbamates (subject to hydrolysis) is 1. The molecule has 2 unspecified atom stereocenters. The van der Waals surface area contributed by atoms with Crippen LogP contribution in [0.25, 0.3) is 0 Å². The lowest BCUT2D eigenvalue weighted by Crippen LogP contribution is -2.47. The Balaban J connectivity index is 1.74. The molecule has 29 heavy (non-hydrogen) atoms. The topological polar surface area (TPSA) is 140 Å². The molecule has 4 amide bonds. The van der Waals surface area contributed by atoms with Crippen LogP contribution in [0.1, 0.15) is 24.8 Å². The zero-order chi connectivity index (χ0) is 20.8. The lowest BCUT2D eigenvalue weighted by Gasteiger charge is -2.22. The fourth-order valence-corrected chi connectivity index (χ4v) is 3.43. The van der Waals surface area contributed by atoms with Gasteiger partial charge in [0, 0.05) is 12.1 Å². The summed E-state index contributed by atoms with van der Waals surface area (Å²) in [5, 5.41) is 5.04. The zero-order valence-corrected chi connectivity index (χ0v) is 15.9. The molecule has 1 saturated heterocycles. The van der Waals surface area contributed by atoms with Crippen molar-refractivity contribution in [1.82, 2.24) is 10.2 Å². The van der Waals surface area contributed by atoms with Crippen LogP contribution in [-0.4, -0.2) is 60.7 Å². The molecule has 1 aromatic rings. The summed E-state index contributed by atoms with van der Waals surface area (Å²) in [5.41, 5.74) is 7.00. The fourth-order valence-electron chi connectivity index (χ4n) is 3.43. The third-order valence-corrected chi connectivity index (χ3v) is 4.84. The number of hydrogen-bond acceptors (Lipinski definition) is 6. The highest BCUT2D eigenvalue weighted by Gasteiger charge is 2.40. The number of nitrogens with two attached hydrogens (primary N) is 1. The molecule has 0 aliphatic carbocycles. The van der Waals surface area contributed by atoms with Gasteiger partial charge in [-0.3, -0.25) is 14.9 Å². The number of nitrogens with one attached hydrogen (secondary N) is 2. The molecule has 0 radical (unpaired) electrons. The highest BCUT2D eigenvalue weighted by Crippen LogP contribution is 2.21. The molecule has 2 heterocycles. The number of rotatable bonds is 1. The molecule has 2 aliphatic rings. The van der Waals surface area contributed by atoms with Gasteiger partial charge in [-0.1, -0.05) is 12.1 Å². The molecule has 2 atom stereocenters. The van der Waals surface area contributed by atoms with Crippen molar-refractivity contribution in [1.29, 1.82) is 0 Å². The van der Waals surface area contributed by atoms with E-state index in [4.69, 9.17) is 15.2 Å². The van der Waals surface area contributed by atoms with Crippen LogP contribution in [0.5, 0.6) is 0 Å². The maximum atomic E-state index is 12.4. The van der Waals surface area contributed by atoms with E-state index in [0.29, 0.717) is 12.1 Å². The van der Waals surface area contributed by atoms with E-state index in [1.165, 1.54) is 4.90 Å². The largest absolute Gasteiger partial charge is 0.450 e. The molecule has 0 spiro atoms. The first-order chi connectivity index (χ1) is 13.9. The second kappa shape index (κ2) is 9.26. The molecule has 4 bridgehead atoms. The van der Waals surface area contributed by atoms with Crippen LogP contribution in [0, 0.1) is 0 Å². The van der Waals surface area contributed by atoms with E-state index < -0.39 is 36.1 Å². The lowest BCUT2D eigenvalue weighted by molar-refractivity contribution is -0.136. The van der Waals surface area contributed by atoms with Gasteiger partial charge in [0.25, 0.3) is 0 Å². The van der Waals surface area contributed by atoms with E-state index in [1.807, 2.05) is 18.2 Å². The summed E-state index contributed by atoms with van der Waals surface area (Å²) in [6, 6.07) is 6.44. The summed E-state index contributed by atoms with van der Waals surface area (Å²) in [4.78, 5) is 49.4. The van der Waals surface area contributed by atoms with Gasteiger partial charge in [0.1, 0.15) is 18.7 Å². The van der Waals surface area contributed by atoms with Gasteiger partial charge in [0.05, 0.1) is 13.2 Å². The monoisotopic (exact) mass is 404 g/mol. The number of ether oxygens (including phenoxy) is 2. The predicted octanol–water partition coefficient (Wildman–Crippen LogP) is 0.752. The van der Waals surface area contributed by atoms with Crippen LogP contribution in [0.2, 0.25) is 0 Å². The first kappa shape index (κ1) is 20.4. The van der Waals surface area contributed by atoms with Crippen molar-refractivity contribution in [3.05, 3.63) is 29.8 Å². The van der Waals surface area contributed by atoms with E-state index in [9.17, 15) is 19.2 Å². The molecule has 4 N–H and O–H groups in total. The number of cyclic esters (lactones) is 1. The summed E-state index contributed by atoms with van der Waals surface area (Å²) < 4.78 is 10.4. The second-order valence-corrected chi connectivity index (χ2v) is 7.00. The van der Waals surface area contributed by atoms with E-state index in [0.717, 1.165) is 18.4 Å². The van der Waals surface area contributed by atoms with Crippen molar-refractivity contribution in [3.63, 3.8) is 0 Å². The first-order valence-corrected chi connectivity index (χ1v) is 9.48. The Morgan fingerprint density at radius 2 is 2.00 bits per heavy atom. The molecule has 2 aliphatic heterocycles. The number of fused-ring (bicyclic) bond motifs is 4. The maximum Gasteiger partial charge on any atom is 0.411 e. The highest BCUT2D eigenvalue weighted by molar-refractivity contribution is 5.90. The number of carbonyl (C=O) groups is 4. The minimum atomic E-state index is -0.913. The quantitative estimate of drug-likeness (QED) is 0.631. The van der Waals surface area contributed by atoms with Crippen LogP contribution in [-0.2, 0) is 25.5 Å². The van der Waals surface area contributed by atoms with Crippen LogP contribution in [0.3, 0.4) is 0 Å². The van der Waals surface area contributed by atoms with Gasteiger partial charge < -0.3 is 25.4 Å². The molecule has 10 heteroatoms. The summed E-state index contributed by atoms with van der Waals surface area (Å²) in [7, 11) is 0. The van der Waals surface area contributed by atoms with Gasteiger partial charge in [-0.25, -0.2) is 9.59 Å². The normalized spacial score (nSPS) is 23.7. The third kappa shape index (κ3) is 5.59. The fraction of sp³-hybridized carbons (Fsp3) is 0.474. The molecule has 0 saturated carbocycles. The average molecular weight is 404 g/mol. The Morgan fingerprint density at radius 1 is 1.17 bits per heavy atom. The summed E-state index contributed by atoms with van der Waals surface area (Å²) in [6.45, 7) is -0.108. The van der Waals surface area contributed by atoms with Gasteiger partial charge in [0.2, 0.25) is 11.8 Å². The Kier molecular flexibility index (Phi) is 6.53. The van der Waals surface area contributed by atoms with Gasteiger partial charge in [-0.05, 0) is 37.0 Å². The lowest BCUT2D eigenvalue weighted by atomic mass is 10.1. The molecule has 1 fully saturated rings. The molecule has 10 nitrogen and oxygen atoms in total. The van der Waals surface area contributed by atoms with Gasteiger partial charge in [0.15, 0.2) is 0 Å².